The highest BCUT2D eigenvalue weighted by Gasteiger charge is 2.29. The fraction of sp³-hybridized carbons (Fsp3) is 0.562. The van der Waals surface area contributed by atoms with Crippen LogP contribution in [0.4, 0.5) is 11.4 Å². The number of carbonyl (C=O) groups is 1. The number of unbranched alkanes of at least 4 members (excludes halogenated alkanes) is 1. The number of hydrogen-bond acceptors (Lipinski definition) is 3. The van der Waals surface area contributed by atoms with Crippen LogP contribution in [0.15, 0.2) is 18.2 Å². The topological polar surface area (TPSA) is 58.4 Å². The maximum Gasteiger partial charge on any atom is 0.251 e. The Morgan fingerprint density at radius 3 is 2.70 bits per heavy atom. The van der Waals surface area contributed by atoms with Crippen LogP contribution in [0.25, 0.3) is 0 Å². The summed E-state index contributed by atoms with van der Waals surface area (Å²) in [5.74, 6) is -0.0581. The fourth-order valence-electron chi connectivity index (χ4n) is 2.43. The lowest BCUT2D eigenvalue weighted by atomic mass is 10.1. The SMILES string of the molecule is CCCCN(c1ccc(C(=O)NCC)cc1N)C1CC1. The summed E-state index contributed by atoms with van der Waals surface area (Å²) in [6.07, 6.45) is 4.86. The lowest BCUT2D eigenvalue weighted by molar-refractivity contribution is 0.0956. The lowest BCUT2D eigenvalue weighted by Gasteiger charge is -2.26. The van der Waals surface area contributed by atoms with Crippen molar-refractivity contribution in [3.63, 3.8) is 0 Å². The molecule has 1 amide bonds. The molecule has 1 saturated carbocycles. The number of nitrogen functional groups attached to an aromatic ring is 1. The molecule has 1 fully saturated rings. The molecule has 4 heteroatoms. The van der Waals surface area contributed by atoms with E-state index in [9.17, 15) is 4.79 Å². The maximum absolute atomic E-state index is 11.8. The summed E-state index contributed by atoms with van der Waals surface area (Å²) in [7, 11) is 0. The molecule has 0 radical (unpaired) electrons. The first-order valence-electron chi connectivity index (χ1n) is 7.61. The van der Waals surface area contributed by atoms with Gasteiger partial charge in [0.15, 0.2) is 0 Å². The molecule has 4 nitrogen and oxygen atoms in total. The van der Waals surface area contributed by atoms with Crippen molar-refractivity contribution in [3.05, 3.63) is 23.8 Å². The number of nitrogens with zero attached hydrogens (tertiary/aromatic N) is 1. The van der Waals surface area contributed by atoms with Crippen molar-refractivity contribution >= 4 is 17.3 Å². The van der Waals surface area contributed by atoms with E-state index in [1.165, 1.54) is 25.7 Å². The molecule has 1 aromatic rings. The normalized spacial score (nSPS) is 14.1. The van der Waals surface area contributed by atoms with Gasteiger partial charge in [-0.15, -0.1) is 0 Å². The van der Waals surface area contributed by atoms with Crippen LogP contribution in [0.2, 0.25) is 0 Å². The van der Waals surface area contributed by atoms with Crippen molar-refractivity contribution in [3.8, 4) is 0 Å². The zero-order valence-electron chi connectivity index (χ0n) is 12.5. The zero-order chi connectivity index (χ0) is 14.5. The van der Waals surface area contributed by atoms with Crippen LogP contribution in [0.1, 0.15) is 49.9 Å². The van der Waals surface area contributed by atoms with Gasteiger partial charge in [-0.25, -0.2) is 0 Å². The van der Waals surface area contributed by atoms with E-state index >= 15 is 0 Å². The highest BCUT2D eigenvalue weighted by atomic mass is 16.1. The number of hydrogen-bond donors (Lipinski definition) is 2. The average Bonchev–Trinajstić information content (AvgIpc) is 3.25. The van der Waals surface area contributed by atoms with E-state index in [0.717, 1.165) is 12.2 Å². The zero-order valence-corrected chi connectivity index (χ0v) is 12.5. The molecule has 0 bridgehead atoms. The van der Waals surface area contributed by atoms with Crippen LogP contribution in [0.5, 0.6) is 0 Å². The minimum Gasteiger partial charge on any atom is -0.397 e. The highest BCUT2D eigenvalue weighted by Crippen LogP contribution is 2.35. The van der Waals surface area contributed by atoms with Crippen molar-refractivity contribution in [1.29, 1.82) is 0 Å². The van der Waals surface area contributed by atoms with Crippen molar-refractivity contribution in [2.24, 2.45) is 0 Å². The number of nitrogens with two attached hydrogens (primary N) is 1. The third-order valence-corrected chi connectivity index (χ3v) is 3.68. The van der Waals surface area contributed by atoms with Crippen LogP contribution in [0, 0.1) is 0 Å². The van der Waals surface area contributed by atoms with Crippen LogP contribution in [0.3, 0.4) is 0 Å². The average molecular weight is 275 g/mol. The molecule has 1 aliphatic rings. The van der Waals surface area contributed by atoms with Gasteiger partial charge in [0.2, 0.25) is 0 Å². The minimum absolute atomic E-state index is 0.0581. The summed E-state index contributed by atoms with van der Waals surface area (Å²) >= 11 is 0. The number of benzene rings is 1. The van der Waals surface area contributed by atoms with Gasteiger partial charge in [0.1, 0.15) is 0 Å². The van der Waals surface area contributed by atoms with Gasteiger partial charge < -0.3 is 16.0 Å². The van der Waals surface area contributed by atoms with Crippen LogP contribution < -0.4 is 16.0 Å². The predicted molar refractivity (Wildman–Crippen MR) is 84.1 cm³/mol. The quantitative estimate of drug-likeness (QED) is 0.752. The molecule has 2 rings (SSSR count). The first kappa shape index (κ1) is 14.7. The standard InChI is InChI=1S/C16H25N3O/c1-3-5-10-19(13-7-8-13)15-9-6-12(11-14(15)17)16(20)18-4-2/h6,9,11,13H,3-5,7-8,10,17H2,1-2H3,(H,18,20). The second kappa shape index (κ2) is 6.64. The largest absolute Gasteiger partial charge is 0.397 e. The first-order valence-corrected chi connectivity index (χ1v) is 7.61. The third kappa shape index (κ3) is 3.44. The van der Waals surface area contributed by atoms with Crippen LogP contribution in [-0.2, 0) is 0 Å². The molecule has 0 aliphatic heterocycles. The van der Waals surface area contributed by atoms with E-state index in [2.05, 4.69) is 17.1 Å². The van der Waals surface area contributed by atoms with Gasteiger partial charge in [-0.1, -0.05) is 13.3 Å². The van der Waals surface area contributed by atoms with Gasteiger partial charge in [0.05, 0.1) is 11.4 Å². The number of rotatable bonds is 7. The smallest absolute Gasteiger partial charge is 0.251 e. The maximum atomic E-state index is 11.8. The number of carbonyl (C=O) groups excluding carboxylic acids is 1. The molecule has 3 N–H and O–H groups in total. The molecular formula is C16H25N3O. The van der Waals surface area contributed by atoms with Crippen molar-refractivity contribution in [2.75, 3.05) is 23.7 Å². The van der Waals surface area contributed by atoms with Gasteiger partial charge >= 0.3 is 0 Å². The summed E-state index contributed by atoms with van der Waals surface area (Å²) in [6.45, 7) is 5.79. The van der Waals surface area contributed by atoms with E-state index in [0.29, 0.717) is 23.8 Å². The molecule has 110 valence electrons. The summed E-state index contributed by atoms with van der Waals surface area (Å²) < 4.78 is 0. The van der Waals surface area contributed by atoms with Gasteiger partial charge in [-0.2, -0.15) is 0 Å². The van der Waals surface area contributed by atoms with E-state index in [1.807, 2.05) is 19.1 Å². The van der Waals surface area contributed by atoms with Gasteiger partial charge in [0, 0.05) is 24.7 Å². The Labute approximate surface area is 121 Å². The van der Waals surface area contributed by atoms with E-state index in [1.54, 1.807) is 6.07 Å². The van der Waals surface area contributed by atoms with Crippen molar-refractivity contribution in [1.82, 2.24) is 5.32 Å². The Morgan fingerprint density at radius 1 is 1.40 bits per heavy atom. The Morgan fingerprint density at radius 2 is 2.15 bits per heavy atom. The molecule has 20 heavy (non-hydrogen) atoms. The second-order valence-corrected chi connectivity index (χ2v) is 5.41. The number of anilines is 2. The third-order valence-electron chi connectivity index (χ3n) is 3.68. The van der Waals surface area contributed by atoms with E-state index < -0.39 is 0 Å². The number of nitrogens with one attached hydrogen (secondary N) is 1. The molecule has 0 atom stereocenters. The molecule has 0 heterocycles. The van der Waals surface area contributed by atoms with Crippen LogP contribution >= 0.6 is 0 Å². The molecule has 0 unspecified atom stereocenters. The van der Waals surface area contributed by atoms with E-state index in [4.69, 9.17) is 5.73 Å². The molecule has 0 saturated heterocycles. The lowest BCUT2D eigenvalue weighted by Crippen LogP contribution is -2.28. The predicted octanol–water partition coefficient (Wildman–Crippen LogP) is 2.79. The molecule has 0 aromatic heterocycles. The minimum atomic E-state index is -0.0581. The molecular weight excluding hydrogens is 250 g/mol. The van der Waals surface area contributed by atoms with Crippen molar-refractivity contribution in [2.45, 2.75) is 45.6 Å². The van der Waals surface area contributed by atoms with Crippen molar-refractivity contribution < 1.29 is 4.79 Å². The molecule has 1 aliphatic carbocycles. The van der Waals surface area contributed by atoms with Gasteiger partial charge in [-0.05, 0) is 44.4 Å². The summed E-state index contributed by atoms with van der Waals surface area (Å²) in [5.41, 5.74) is 8.59. The van der Waals surface area contributed by atoms with E-state index in [-0.39, 0.29) is 5.91 Å². The molecule has 1 aromatic carbocycles. The van der Waals surface area contributed by atoms with Crippen LogP contribution in [-0.4, -0.2) is 25.0 Å². The molecule has 0 spiro atoms. The number of amides is 1. The fourth-order valence-corrected chi connectivity index (χ4v) is 2.43. The first-order chi connectivity index (χ1) is 9.67. The van der Waals surface area contributed by atoms with Gasteiger partial charge in [-0.3, -0.25) is 4.79 Å². The summed E-state index contributed by atoms with van der Waals surface area (Å²) in [4.78, 5) is 14.2. The Bertz CT molecular complexity index is 469. The second-order valence-electron chi connectivity index (χ2n) is 5.41. The highest BCUT2D eigenvalue weighted by molar-refractivity contribution is 5.96. The summed E-state index contributed by atoms with van der Waals surface area (Å²) in [6, 6.07) is 6.30. The Hall–Kier alpha value is -1.71. The monoisotopic (exact) mass is 275 g/mol. The Balaban J connectivity index is 2.16. The Kier molecular flexibility index (Phi) is 4.88. The summed E-state index contributed by atoms with van der Waals surface area (Å²) in [5, 5.41) is 2.80. The van der Waals surface area contributed by atoms with Gasteiger partial charge in [0.25, 0.3) is 5.91 Å².